The van der Waals surface area contributed by atoms with Gasteiger partial charge in [-0.25, -0.2) is 0 Å². The predicted molar refractivity (Wildman–Crippen MR) is 102 cm³/mol. The van der Waals surface area contributed by atoms with E-state index in [1.807, 2.05) is 0 Å². The number of hydrogen-bond acceptors (Lipinski definition) is 3. The molecule has 5 heteroatoms. The number of aromatic hydroxyl groups is 1. The van der Waals surface area contributed by atoms with Crippen molar-refractivity contribution in [3.8, 4) is 11.5 Å². The van der Waals surface area contributed by atoms with E-state index in [0.29, 0.717) is 22.6 Å². The summed E-state index contributed by atoms with van der Waals surface area (Å²) < 4.78 is 5.77. The Morgan fingerprint density at radius 1 is 1.35 bits per heavy atom. The molecule has 0 spiro atoms. The minimum Gasteiger partial charge on any atom is -0.504 e. The van der Waals surface area contributed by atoms with Gasteiger partial charge in [-0.05, 0) is 42.9 Å². The molecule has 0 bridgehead atoms. The first-order valence-corrected chi connectivity index (χ1v) is 9.43. The third kappa shape index (κ3) is 8.44. The molecule has 130 valence electrons. The minimum atomic E-state index is 0.0749. The highest BCUT2D eigenvalue weighted by molar-refractivity contribution is 14.1. The van der Waals surface area contributed by atoms with Crippen molar-refractivity contribution >= 4 is 28.5 Å². The van der Waals surface area contributed by atoms with Gasteiger partial charge in [0.2, 0.25) is 5.91 Å². The van der Waals surface area contributed by atoms with Crippen molar-refractivity contribution in [1.82, 2.24) is 5.32 Å². The van der Waals surface area contributed by atoms with E-state index in [9.17, 15) is 9.90 Å². The van der Waals surface area contributed by atoms with Crippen LogP contribution in [0.5, 0.6) is 11.5 Å². The van der Waals surface area contributed by atoms with Gasteiger partial charge in [0.05, 0.1) is 7.11 Å². The van der Waals surface area contributed by atoms with Gasteiger partial charge in [0, 0.05) is 16.9 Å². The van der Waals surface area contributed by atoms with Gasteiger partial charge < -0.3 is 15.2 Å². The van der Waals surface area contributed by atoms with Crippen molar-refractivity contribution < 1.29 is 14.6 Å². The van der Waals surface area contributed by atoms with Crippen LogP contribution in [0.2, 0.25) is 0 Å². The number of hydrogen-bond donors (Lipinski definition) is 2. The van der Waals surface area contributed by atoms with Crippen LogP contribution in [0.25, 0.3) is 0 Å². The summed E-state index contributed by atoms with van der Waals surface area (Å²) >= 11 is 2.51. The van der Waals surface area contributed by atoms with E-state index in [1.165, 1.54) is 20.0 Å². The van der Waals surface area contributed by atoms with Gasteiger partial charge in [-0.3, -0.25) is 4.79 Å². The van der Waals surface area contributed by atoms with Crippen molar-refractivity contribution in [3.05, 3.63) is 23.8 Å². The SMILES string of the molecule is COc1cc(CNC(=O)CCCCC(I)CC(C)C)ccc1O. The van der Waals surface area contributed by atoms with Crippen molar-refractivity contribution in [1.29, 1.82) is 0 Å². The minimum absolute atomic E-state index is 0.0749. The van der Waals surface area contributed by atoms with Crippen LogP contribution < -0.4 is 10.1 Å². The number of methoxy groups -OCH3 is 1. The number of ether oxygens (including phenoxy) is 1. The number of carbonyl (C=O) groups excluding carboxylic acids is 1. The number of phenolic OH excluding ortho intramolecular Hbond substituents is 1. The highest BCUT2D eigenvalue weighted by Crippen LogP contribution is 2.26. The second-order valence-electron chi connectivity index (χ2n) is 6.26. The number of alkyl halides is 1. The van der Waals surface area contributed by atoms with Gasteiger partial charge in [0.25, 0.3) is 0 Å². The van der Waals surface area contributed by atoms with Crippen LogP contribution in [0.15, 0.2) is 18.2 Å². The molecule has 0 saturated heterocycles. The molecule has 2 N–H and O–H groups in total. The monoisotopic (exact) mass is 433 g/mol. The Balaban J connectivity index is 2.22. The molecular weight excluding hydrogens is 405 g/mol. The summed E-state index contributed by atoms with van der Waals surface area (Å²) in [6.07, 6.45) is 5.03. The van der Waals surface area contributed by atoms with Crippen LogP contribution in [-0.2, 0) is 11.3 Å². The molecule has 0 aliphatic rings. The molecule has 1 rings (SSSR count). The van der Waals surface area contributed by atoms with E-state index < -0.39 is 0 Å². The Labute approximate surface area is 153 Å². The summed E-state index contributed by atoms with van der Waals surface area (Å²) in [6.45, 7) is 4.95. The molecule has 23 heavy (non-hydrogen) atoms. The van der Waals surface area contributed by atoms with E-state index in [0.717, 1.165) is 24.3 Å². The summed E-state index contributed by atoms with van der Waals surface area (Å²) in [7, 11) is 1.51. The number of nitrogens with one attached hydrogen (secondary N) is 1. The lowest BCUT2D eigenvalue weighted by molar-refractivity contribution is -0.121. The first kappa shape index (κ1) is 20.1. The van der Waals surface area contributed by atoms with E-state index in [2.05, 4.69) is 41.8 Å². The predicted octanol–water partition coefficient (Wildman–Crippen LogP) is 4.43. The van der Waals surface area contributed by atoms with Crippen molar-refractivity contribution in [3.63, 3.8) is 0 Å². The number of halogens is 1. The second-order valence-corrected chi connectivity index (χ2v) is 8.02. The molecule has 0 saturated carbocycles. The summed E-state index contributed by atoms with van der Waals surface area (Å²) in [5.74, 6) is 1.35. The standard InChI is InChI=1S/C18H28INO3/c1-13(2)10-15(19)6-4-5-7-18(22)20-12-14-8-9-16(21)17(11-14)23-3/h8-9,11,13,15,21H,4-7,10,12H2,1-3H3,(H,20,22). The maximum Gasteiger partial charge on any atom is 0.220 e. The molecule has 1 aromatic rings. The summed E-state index contributed by atoms with van der Waals surface area (Å²) in [5.41, 5.74) is 0.914. The second kappa shape index (κ2) is 10.7. The third-order valence-corrected chi connectivity index (χ3v) is 4.76. The first-order chi connectivity index (χ1) is 10.9. The molecule has 0 aliphatic heterocycles. The zero-order chi connectivity index (χ0) is 17.2. The Morgan fingerprint density at radius 2 is 2.09 bits per heavy atom. The fourth-order valence-electron chi connectivity index (χ4n) is 2.40. The van der Waals surface area contributed by atoms with Gasteiger partial charge in [0.15, 0.2) is 11.5 Å². The summed E-state index contributed by atoms with van der Waals surface area (Å²) in [4.78, 5) is 11.9. The molecule has 4 nitrogen and oxygen atoms in total. The van der Waals surface area contributed by atoms with Gasteiger partial charge in [0.1, 0.15) is 0 Å². The molecule has 0 aromatic heterocycles. The van der Waals surface area contributed by atoms with E-state index in [4.69, 9.17) is 4.74 Å². The Morgan fingerprint density at radius 3 is 2.74 bits per heavy atom. The van der Waals surface area contributed by atoms with Crippen LogP contribution >= 0.6 is 22.6 Å². The molecule has 0 radical (unpaired) electrons. The highest BCUT2D eigenvalue weighted by atomic mass is 127. The number of rotatable bonds is 10. The quantitative estimate of drug-likeness (QED) is 0.326. The first-order valence-electron chi connectivity index (χ1n) is 8.19. The van der Waals surface area contributed by atoms with E-state index >= 15 is 0 Å². The van der Waals surface area contributed by atoms with Crippen LogP contribution in [0.4, 0.5) is 0 Å². The smallest absolute Gasteiger partial charge is 0.220 e. The zero-order valence-corrected chi connectivity index (χ0v) is 16.4. The van der Waals surface area contributed by atoms with Gasteiger partial charge >= 0.3 is 0 Å². The van der Waals surface area contributed by atoms with Crippen LogP contribution in [-0.4, -0.2) is 22.0 Å². The van der Waals surface area contributed by atoms with Gasteiger partial charge in [-0.1, -0.05) is 48.9 Å². The molecule has 1 amide bonds. The molecule has 0 heterocycles. The number of carbonyl (C=O) groups is 1. The molecular formula is C18H28INO3. The van der Waals surface area contributed by atoms with Crippen molar-refractivity contribution in [2.75, 3.05) is 7.11 Å². The van der Waals surface area contributed by atoms with Crippen LogP contribution in [0.1, 0.15) is 51.5 Å². The Bertz CT molecular complexity index is 491. The molecule has 0 aliphatic carbocycles. The number of benzene rings is 1. The van der Waals surface area contributed by atoms with Crippen LogP contribution in [0.3, 0.4) is 0 Å². The van der Waals surface area contributed by atoms with Crippen molar-refractivity contribution in [2.24, 2.45) is 5.92 Å². The number of amides is 1. The van der Waals surface area contributed by atoms with Crippen LogP contribution in [0, 0.1) is 5.92 Å². The average molecular weight is 433 g/mol. The molecule has 1 aromatic carbocycles. The molecule has 0 fully saturated rings. The maximum atomic E-state index is 11.9. The lowest BCUT2D eigenvalue weighted by atomic mass is 10.0. The zero-order valence-electron chi connectivity index (χ0n) is 14.3. The topological polar surface area (TPSA) is 58.6 Å². The number of phenols is 1. The van der Waals surface area contributed by atoms with E-state index in [-0.39, 0.29) is 11.7 Å². The van der Waals surface area contributed by atoms with Gasteiger partial charge in [-0.2, -0.15) is 0 Å². The lowest BCUT2D eigenvalue weighted by Crippen LogP contribution is -2.22. The maximum absolute atomic E-state index is 11.9. The fraction of sp³-hybridized carbons (Fsp3) is 0.611. The number of unbranched alkanes of at least 4 members (excludes halogenated alkanes) is 1. The largest absolute Gasteiger partial charge is 0.504 e. The summed E-state index contributed by atoms with van der Waals surface area (Å²) in [5, 5.41) is 12.5. The van der Waals surface area contributed by atoms with E-state index in [1.54, 1.807) is 18.2 Å². The Hall–Kier alpha value is -0.980. The highest BCUT2D eigenvalue weighted by Gasteiger charge is 2.08. The average Bonchev–Trinajstić information content (AvgIpc) is 2.50. The normalized spacial score (nSPS) is 12.2. The molecule has 1 atom stereocenters. The fourth-order valence-corrected chi connectivity index (χ4v) is 3.86. The Kier molecular flexibility index (Phi) is 9.36. The third-order valence-electron chi connectivity index (χ3n) is 3.63. The van der Waals surface area contributed by atoms with Crippen molar-refractivity contribution in [2.45, 2.75) is 56.4 Å². The summed E-state index contributed by atoms with van der Waals surface area (Å²) in [6, 6.07) is 5.10. The molecule has 1 unspecified atom stereocenters. The van der Waals surface area contributed by atoms with Gasteiger partial charge in [-0.15, -0.1) is 0 Å². The lowest BCUT2D eigenvalue weighted by Gasteiger charge is -2.12.